The van der Waals surface area contributed by atoms with Crippen LogP contribution in [-0.2, 0) is 24.8 Å². The number of benzene rings is 3. The smallest absolute Gasteiger partial charge is 0.271 e. The van der Waals surface area contributed by atoms with Crippen molar-refractivity contribution < 1.29 is 26.6 Å². The Labute approximate surface area is 209 Å². The van der Waals surface area contributed by atoms with Crippen LogP contribution in [0.1, 0.15) is 5.56 Å². The molecule has 3 rings (SSSR count). The summed E-state index contributed by atoms with van der Waals surface area (Å²) in [6.45, 7) is 1.10. The van der Waals surface area contributed by atoms with Crippen molar-refractivity contribution >= 4 is 48.7 Å². The topological polar surface area (TPSA) is 147 Å². The summed E-state index contributed by atoms with van der Waals surface area (Å²) < 4.78 is 52.4. The van der Waals surface area contributed by atoms with Crippen LogP contribution in [0, 0.1) is 17.0 Å². The number of carbonyl (C=O) groups is 1. The van der Waals surface area contributed by atoms with E-state index in [0.29, 0.717) is 0 Å². The van der Waals surface area contributed by atoms with Crippen LogP contribution in [0.3, 0.4) is 0 Å². The highest BCUT2D eigenvalue weighted by molar-refractivity contribution is 7.93. The number of carbonyl (C=O) groups excluding carboxylic acids is 1. The second kappa shape index (κ2) is 10.3. The molecule has 0 saturated carbocycles. The fraction of sp³-hybridized carbons (Fsp3) is 0.174. The zero-order valence-electron chi connectivity index (χ0n) is 19.7. The highest BCUT2D eigenvalue weighted by atomic mass is 32.2. The van der Waals surface area contributed by atoms with Crippen LogP contribution in [-0.4, -0.2) is 47.5 Å². The van der Waals surface area contributed by atoms with Gasteiger partial charge in [-0.1, -0.05) is 29.8 Å². The molecule has 11 nitrogen and oxygen atoms in total. The molecule has 3 aromatic carbocycles. The van der Waals surface area contributed by atoms with E-state index < -0.39 is 37.4 Å². The number of non-ortho nitro benzene ring substituents is 1. The molecule has 0 heterocycles. The summed E-state index contributed by atoms with van der Waals surface area (Å²) in [6, 6.07) is 16.9. The van der Waals surface area contributed by atoms with Crippen LogP contribution in [0.2, 0.25) is 0 Å². The van der Waals surface area contributed by atoms with Gasteiger partial charge in [0.2, 0.25) is 15.9 Å². The zero-order chi connectivity index (χ0) is 26.7. The zero-order valence-corrected chi connectivity index (χ0v) is 21.3. The van der Waals surface area contributed by atoms with Gasteiger partial charge in [-0.15, -0.1) is 0 Å². The number of aryl methyl sites for hydroxylation is 1. The van der Waals surface area contributed by atoms with Gasteiger partial charge < -0.3 is 5.32 Å². The molecule has 0 atom stereocenters. The van der Waals surface area contributed by atoms with Crippen LogP contribution in [0.5, 0.6) is 0 Å². The van der Waals surface area contributed by atoms with Crippen molar-refractivity contribution in [2.45, 2.75) is 11.8 Å². The van der Waals surface area contributed by atoms with Crippen molar-refractivity contribution in [1.29, 1.82) is 0 Å². The van der Waals surface area contributed by atoms with Gasteiger partial charge in [0.25, 0.3) is 15.7 Å². The summed E-state index contributed by atoms with van der Waals surface area (Å²) in [5, 5.41) is 13.8. The normalized spacial score (nSPS) is 11.5. The lowest BCUT2D eigenvalue weighted by atomic mass is 10.2. The van der Waals surface area contributed by atoms with E-state index in [1.165, 1.54) is 61.6 Å². The minimum Gasteiger partial charge on any atom is -0.324 e. The maximum Gasteiger partial charge on any atom is 0.271 e. The van der Waals surface area contributed by atoms with Crippen LogP contribution in [0.25, 0.3) is 0 Å². The number of nitrogens with zero attached hydrogens (tertiary/aromatic N) is 3. The minimum atomic E-state index is -4.28. The molecule has 1 amide bonds. The number of amides is 1. The summed E-state index contributed by atoms with van der Waals surface area (Å²) in [4.78, 5) is 23.5. The van der Waals surface area contributed by atoms with E-state index >= 15 is 0 Å². The van der Waals surface area contributed by atoms with Gasteiger partial charge in [-0.05, 0) is 43.3 Å². The second-order valence-corrected chi connectivity index (χ2v) is 11.8. The Morgan fingerprint density at radius 1 is 0.944 bits per heavy atom. The Morgan fingerprint density at radius 2 is 1.56 bits per heavy atom. The molecule has 0 fully saturated rings. The van der Waals surface area contributed by atoms with Crippen molar-refractivity contribution in [3.63, 3.8) is 0 Å². The average Bonchev–Trinajstić information content (AvgIpc) is 2.82. The summed E-state index contributed by atoms with van der Waals surface area (Å²) in [6.07, 6.45) is 1.03. The molecular formula is C23H24N4O7S2. The van der Waals surface area contributed by atoms with E-state index in [4.69, 9.17) is 0 Å². The largest absolute Gasteiger partial charge is 0.324 e. The first-order chi connectivity index (χ1) is 16.8. The number of nitrogens with one attached hydrogen (secondary N) is 1. The molecule has 13 heteroatoms. The summed E-state index contributed by atoms with van der Waals surface area (Å²) >= 11 is 0. The van der Waals surface area contributed by atoms with E-state index in [1.54, 1.807) is 19.1 Å². The van der Waals surface area contributed by atoms with E-state index in [1.807, 2.05) is 0 Å². The monoisotopic (exact) mass is 532 g/mol. The fourth-order valence-corrected chi connectivity index (χ4v) is 5.13. The average molecular weight is 533 g/mol. The molecule has 36 heavy (non-hydrogen) atoms. The molecule has 0 unspecified atom stereocenters. The molecule has 0 saturated heterocycles. The van der Waals surface area contributed by atoms with Gasteiger partial charge in [-0.2, -0.15) is 0 Å². The molecule has 0 aromatic heterocycles. The lowest BCUT2D eigenvalue weighted by Crippen LogP contribution is -2.38. The summed E-state index contributed by atoms with van der Waals surface area (Å²) in [7, 11) is -6.47. The fourth-order valence-electron chi connectivity index (χ4n) is 3.22. The molecule has 0 aliphatic rings. The number of hydrogen-bond acceptors (Lipinski definition) is 7. The summed E-state index contributed by atoms with van der Waals surface area (Å²) in [5.74, 6) is -0.739. The first-order valence-electron chi connectivity index (χ1n) is 10.5. The Morgan fingerprint density at radius 3 is 2.17 bits per heavy atom. The first kappa shape index (κ1) is 26.6. The third-order valence-corrected chi connectivity index (χ3v) is 8.21. The number of rotatable bonds is 9. The lowest BCUT2D eigenvalue weighted by molar-refractivity contribution is -0.384. The Bertz CT molecular complexity index is 1510. The molecule has 0 bridgehead atoms. The maximum absolute atomic E-state index is 13.5. The molecule has 0 spiro atoms. The Balaban J connectivity index is 1.96. The van der Waals surface area contributed by atoms with Crippen molar-refractivity contribution in [3.05, 3.63) is 88.5 Å². The third-order valence-electron chi connectivity index (χ3n) is 5.22. The van der Waals surface area contributed by atoms with Crippen molar-refractivity contribution in [2.75, 3.05) is 33.8 Å². The highest BCUT2D eigenvalue weighted by Gasteiger charge is 2.28. The number of nitro groups is 1. The molecule has 0 radical (unpaired) electrons. The van der Waals surface area contributed by atoms with E-state index in [9.17, 15) is 31.7 Å². The molecule has 3 aromatic rings. The van der Waals surface area contributed by atoms with Gasteiger partial charge in [0.05, 0.1) is 27.4 Å². The van der Waals surface area contributed by atoms with Crippen LogP contribution in [0.15, 0.2) is 77.7 Å². The SMILES string of the molecule is Cc1ccc(S(=O)(=O)N(CC(=O)Nc2cccc(N(C)S(C)(=O)=O)c2)c2cccc([N+](=O)[O-])c2)cc1. The van der Waals surface area contributed by atoms with Crippen LogP contribution in [0.4, 0.5) is 22.7 Å². The standard InChI is InChI=1S/C23H24N4O7S2/c1-17-10-12-22(13-11-17)36(33,34)26(20-8-5-9-21(15-20)27(29)30)16-23(28)24-18-6-4-7-19(14-18)25(2)35(3,31)32/h4-15H,16H2,1-3H3,(H,24,28). The van der Waals surface area contributed by atoms with Gasteiger partial charge in [0.1, 0.15) is 6.54 Å². The highest BCUT2D eigenvalue weighted by Crippen LogP contribution is 2.27. The minimum absolute atomic E-state index is 0.0644. The van der Waals surface area contributed by atoms with Crippen LogP contribution >= 0.6 is 0 Å². The lowest BCUT2D eigenvalue weighted by Gasteiger charge is -2.24. The molecule has 0 aliphatic carbocycles. The molecular weight excluding hydrogens is 508 g/mol. The van der Waals surface area contributed by atoms with Gasteiger partial charge in [0, 0.05) is 24.9 Å². The summed E-state index contributed by atoms with van der Waals surface area (Å²) in [5.41, 5.74) is 0.949. The van der Waals surface area contributed by atoms with E-state index in [0.717, 1.165) is 26.5 Å². The number of hydrogen-bond donors (Lipinski definition) is 1. The number of nitro benzene ring substituents is 1. The number of sulfonamides is 2. The van der Waals surface area contributed by atoms with E-state index in [2.05, 4.69) is 5.32 Å². The maximum atomic E-state index is 13.5. The van der Waals surface area contributed by atoms with Gasteiger partial charge in [-0.25, -0.2) is 16.8 Å². The molecule has 1 N–H and O–H groups in total. The second-order valence-electron chi connectivity index (χ2n) is 7.93. The Hall–Kier alpha value is -3.97. The quantitative estimate of drug-likeness (QED) is 0.329. The Kier molecular flexibility index (Phi) is 7.65. The number of anilines is 3. The van der Waals surface area contributed by atoms with Gasteiger partial charge in [-0.3, -0.25) is 23.5 Å². The van der Waals surface area contributed by atoms with Gasteiger partial charge >= 0.3 is 0 Å². The van der Waals surface area contributed by atoms with Crippen molar-refractivity contribution in [3.8, 4) is 0 Å². The van der Waals surface area contributed by atoms with E-state index in [-0.39, 0.29) is 27.6 Å². The van der Waals surface area contributed by atoms with Crippen molar-refractivity contribution in [2.24, 2.45) is 0 Å². The molecule has 0 aliphatic heterocycles. The predicted octanol–water partition coefficient (Wildman–Crippen LogP) is 3.13. The van der Waals surface area contributed by atoms with Crippen molar-refractivity contribution in [1.82, 2.24) is 0 Å². The molecule has 190 valence electrons. The third kappa shape index (κ3) is 6.17. The van der Waals surface area contributed by atoms with Crippen LogP contribution < -0.4 is 13.9 Å². The van der Waals surface area contributed by atoms with Gasteiger partial charge in [0.15, 0.2) is 0 Å². The first-order valence-corrected chi connectivity index (χ1v) is 13.8. The predicted molar refractivity (Wildman–Crippen MR) is 137 cm³/mol.